The first-order valence-electron chi connectivity index (χ1n) is 5.74. The van der Waals surface area contributed by atoms with Crippen molar-refractivity contribution in [3.8, 4) is 0 Å². The van der Waals surface area contributed by atoms with Crippen molar-refractivity contribution in [1.82, 2.24) is 19.5 Å². The molecule has 1 atom stereocenters. The fraction of sp³-hybridized carbons (Fsp3) is 0.545. The molecule has 90 valence electrons. The first kappa shape index (κ1) is 11.3. The molecule has 0 aromatic carbocycles. The van der Waals surface area contributed by atoms with E-state index in [4.69, 9.17) is 4.74 Å². The molecule has 0 aliphatic carbocycles. The van der Waals surface area contributed by atoms with E-state index in [0.717, 1.165) is 40.1 Å². The highest BCUT2D eigenvalue weighted by Gasteiger charge is 2.22. The van der Waals surface area contributed by atoms with Gasteiger partial charge in [-0.1, -0.05) is 0 Å². The average Bonchev–Trinajstić information content (AvgIpc) is 2.68. The van der Waals surface area contributed by atoms with Crippen LogP contribution >= 0.6 is 22.6 Å². The number of rotatable bonds is 1. The van der Waals surface area contributed by atoms with Gasteiger partial charge in [-0.2, -0.15) is 0 Å². The minimum absolute atomic E-state index is 0.0828. The third kappa shape index (κ3) is 1.93. The summed E-state index contributed by atoms with van der Waals surface area (Å²) >= 11 is 2.19. The number of halogens is 1. The molecule has 2 aromatic rings. The Morgan fingerprint density at radius 3 is 3.06 bits per heavy atom. The summed E-state index contributed by atoms with van der Waals surface area (Å²) in [7, 11) is 0. The highest BCUT2D eigenvalue weighted by molar-refractivity contribution is 14.1. The molecule has 1 unspecified atom stereocenters. The van der Waals surface area contributed by atoms with Crippen molar-refractivity contribution in [2.24, 2.45) is 0 Å². The average molecular weight is 344 g/mol. The zero-order chi connectivity index (χ0) is 11.8. The Hall–Kier alpha value is -0.760. The molecule has 17 heavy (non-hydrogen) atoms. The van der Waals surface area contributed by atoms with E-state index in [1.807, 2.05) is 6.92 Å². The summed E-state index contributed by atoms with van der Waals surface area (Å²) in [5, 5.41) is 0. The summed E-state index contributed by atoms with van der Waals surface area (Å²) in [5.41, 5.74) is 1.76. The normalized spacial score (nSPS) is 20.9. The second-order valence-electron chi connectivity index (χ2n) is 4.19. The molecule has 6 heteroatoms. The fourth-order valence-electron chi connectivity index (χ4n) is 2.26. The Kier molecular flexibility index (Phi) is 2.99. The topological polar surface area (TPSA) is 52.8 Å². The summed E-state index contributed by atoms with van der Waals surface area (Å²) in [5.74, 6) is 0.949. The Bertz CT molecular complexity index is 548. The number of aromatic nitrogens is 4. The second-order valence-corrected chi connectivity index (χ2v) is 5.21. The molecule has 0 spiro atoms. The molecular formula is C11H13IN4O. The Balaban J connectivity index is 2.14. The van der Waals surface area contributed by atoms with Crippen LogP contribution in [0.25, 0.3) is 11.2 Å². The van der Waals surface area contributed by atoms with Crippen molar-refractivity contribution in [2.45, 2.75) is 32.4 Å². The van der Waals surface area contributed by atoms with Gasteiger partial charge in [0.15, 0.2) is 5.65 Å². The predicted octanol–water partition coefficient (Wildman–Crippen LogP) is 2.44. The maximum absolute atomic E-state index is 5.81. The lowest BCUT2D eigenvalue weighted by Gasteiger charge is -2.24. The number of imidazole rings is 1. The van der Waals surface area contributed by atoms with Crippen LogP contribution in [0.15, 0.2) is 6.33 Å². The van der Waals surface area contributed by atoms with Crippen LogP contribution in [0.2, 0.25) is 0 Å². The van der Waals surface area contributed by atoms with E-state index in [9.17, 15) is 0 Å². The second kappa shape index (κ2) is 4.49. The van der Waals surface area contributed by atoms with Crippen LogP contribution in [0.1, 0.15) is 31.3 Å². The molecule has 0 saturated carbocycles. The van der Waals surface area contributed by atoms with Crippen molar-refractivity contribution in [2.75, 3.05) is 6.61 Å². The van der Waals surface area contributed by atoms with E-state index in [1.54, 1.807) is 6.33 Å². The molecule has 1 aliphatic rings. The molecule has 0 radical (unpaired) electrons. The van der Waals surface area contributed by atoms with Crippen molar-refractivity contribution >= 4 is 33.8 Å². The third-order valence-corrected chi connectivity index (χ3v) is 3.84. The van der Waals surface area contributed by atoms with E-state index in [1.165, 1.54) is 6.42 Å². The minimum Gasteiger partial charge on any atom is -0.358 e. The summed E-state index contributed by atoms with van der Waals surface area (Å²) in [4.78, 5) is 13.0. The van der Waals surface area contributed by atoms with E-state index in [-0.39, 0.29) is 6.23 Å². The number of aryl methyl sites for hydroxylation is 1. The molecule has 1 aliphatic heterocycles. The number of hydrogen-bond donors (Lipinski definition) is 0. The van der Waals surface area contributed by atoms with Crippen LogP contribution in [-0.2, 0) is 4.74 Å². The summed E-state index contributed by atoms with van der Waals surface area (Å²) < 4.78 is 8.80. The van der Waals surface area contributed by atoms with E-state index < -0.39 is 0 Å². The van der Waals surface area contributed by atoms with Gasteiger partial charge in [0.25, 0.3) is 0 Å². The highest BCUT2D eigenvalue weighted by atomic mass is 127. The lowest BCUT2D eigenvalue weighted by Crippen LogP contribution is -2.19. The van der Waals surface area contributed by atoms with Gasteiger partial charge in [0, 0.05) is 6.61 Å². The summed E-state index contributed by atoms with van der Waals surface area (Å²) in [6.45, 7) is 2.82. The maximum atomic E-state index is 5.81. The lowest BCUT2D eigenvalue weighted by molar-refractivity contribution is -0.0309. The van der Waals surface area contributed by atoms with Gasteiger partial charge in [-0.25, -0.2) is 15.0 Å². The van der Waals surface area contributed by atoms with Crippen LogP contribution < -0.4 is 0 Å². The summed E-state index contributed by atoms with van der Waals surface area (Å²) in [6.07, 6.45) is 5.05. The smallest absolute Gasteiger partial charge is 0.166 e. The standard InChI is InChI=1S/C11H13IN4O/c1-7-15-9-10(12)13-6-14-11(9)16(7)8-4-2-3-5-17-8/h6,8H,2-5H2,1H3. The zero-order valence-electron chi connectivity index (χ0n) is 9.56. The number of ether oxygens (including phenoxy) is 1. The lowest BCUT2D eigenvalue weighted by atomic mass is 10.2. The van der Waals surface area contributed by atoms with Gasteiger partial charge in [0.2, 0.25) is 0 Å². The molecule has 5 nitrogen and oxygen atoms in total. The van der Waals surface area contributed by atoms with Crippen LogP contribution in [-0.4, -0.2) is 26.1 Å². The molecule has 1 fully saturated rings. The number of hydrogen-bond acceptors (Lipinski definition) is 4. The van der Waals surface area contributed by atoms with Crippen LogP contribution in [0.3, 0.4) is 0 Å². The quantitative estimate of drug-likeness (QED) is 0.589. The molecule has 1 saturated heterocycles. The molecular weight excluding hydrogens is 331 g/mol. The molecule has 0 bridgehead atoms. The van der Waals surface area contributed by atoms with Gasteiger partial charge in [-0.15, -0.1) is 0 Å². The minimum atomic E-state index is 0.0828. The number of fused-ring (bicyclic) bond motifs is 1. The summed E-state index contributed by atoms with van der Waals surface area (Å²) in [6, 6.07) is 0. The Morgan fingerprint density at radius 2 is 2.29 bits per heavy atom. The van der Waals surface area contributed by atoms with Crippen molar-refractivity contribution < 1.29 is 4.74 Å². The SMILES string of the molecule is Cc1nc2c(I)ncnc2n1C1CCCCO1. The first-order valence-corrected chi connectivity index (χ1v) is 6.82. The molecule has 3 heterocycles. The van der Waals surface area contributed by atoms with Gasteiger partial charge < -0.3 is 4.74 Å². The van der Waals surface area contributed by atoms with Gasteiger partial charge >= 0.3 is 0 Å². The van der Waals surface area contributed by atoms with Crippen LogP contribution in [0.4, 0.5) is 0 Å². The van der Waals surface area contributed by atoms with Crippen LogP contribution in [0, 0.1) is 10.6 Å². The highest BCUT2D eigenvalue weighted by Crippen LogP contribution is 2.28. The monoisotopic (exact) mass is 344 g/mol. The van der Waals surface area contributed by atoms with Crippen LogP contribution in [0.5, 0.6) is 0 Å². The zero-order valence-corrected chi connectivity index (χ0v) is 11.7. The molecule has 2 aromatic heterocycles. The molecule has 0 amide bonds. The molecule has 3 rings (SSSR count). The number of nitrogens with zero attached hydrogens (tertiary/aromatic N) is 4. The molecule has 0 N–H and O–H groups in total. The van der Waals surface area contributed by atoms with Gasteiger partial charge in [-0.3, -0.25) is 4.57 Å². The van der Waals surface area contributed by atoms with E-state index in [0.29, 0.717) is 0 Å². The maximum Gasteiger partial charge on any atom is 0.166 e. The van der Waals surface area contributed by atoms with Crippen molar-refractivity contribution in [1.29, 1.82) is 0 Å². The first-order chi connectivity index (χ1) is 8.27. The van der Waals surface area contributed by atoms with Crippen molar-refractivity contribution in [3.63, 3.8) is 0 Å². The fourth-order valence-corrected chi connectivity index (χ4v) is 2.75. The van der Waals surface area contributed by atoms with E-state index in [2.05, 4.69) is 42.1 Å². The largest absolute Gasteiger partial charge is 0.358 e. The van der Waals surface area contributed by atoms with Crippen molar-refractivity contribution in [3.05, 3.63) is 15.9 Å². The Morgan fingerprint density at radius 1 is 1.41 bits per heavy atom. The van der Waals surface area contributed by atoms with Gasteiger partial charge in [0.05, 0.1) is 0 Å². The Labute approximate surface area is 113 Å². The van der Waals surface area contributed by atoms with Gasteiger partial charge in [0.1, 0.15) is 27.6 Å². The predicted molar refractivity (Wildman–Crippen MR) is 71.6 cm³/mol. The van der Waals surface area contributed by atoms with E-state index >= 15 is 0 Å². The third-order valence-electron chi connectivity index (χ3n) is 3.05. The van der Waals surface area contributed by atoms with Gasteiger partial charge in [-0.05, 0) is 48.8 Å².